The van der Waals surface area contributed by atoms with E-state index in [0.29, 0.717) is 25.6 Å². The standard InChI is InChI=1S/C21H31N5O3/c1-2-13-11-23-24-18(13)14-4-8-25(9-5-14)19(27)16-15-3-6-21(29-15)12-26(10-7-22)20(28)17(16)21/h11,14-17H,2-10,12,22H2,1H3,(H,23,24)/t15-,16-,17+,21-/m1/s1. The van der Waals surface area contributed by atoms with Crippen molar-refractivity contribution in [2.45, 2.75) is 56.7 Å². The van der Waals surface area contributed by atoms with Crippen LogP contribution < -0.4 is 5.73 Å². The van der Waals surface area contributed by atoms with Crippen molar-refractivity contribution < 1.29 is 14.3 Å². The quantitative estimate of drug-likeness (QED) is 0.754. The molecule has 1 aromatic rings. The summed E-state index contributed by atoms with van der Waals surface area (Å²) in [6.07, 6.45) is 6.40. The predicted octanol–water partition coefficient (Wildman–Crippen LogP) is 0.643. The van der Waals surface area contributed by atoms with E-state index in [2.05, 4.69) is 17.1 Å². The minimum Gasteiger partial charge on any atom is -0.368 e. The van der Waals surface area contributed by atoms with E-state index in [1.807, 2.05) is 16.0 Å². The number of nitrogens with two attached hydrogens (primary N) is 1. The molecule has 2 bridgehead atoms. The Morgan fingerprint density at radius 3 is 2.90 bits per heavy atom. The number of hydrogen-bond donors (Lipinski definition) is 2. The summed E-state index contributed by atoms with van der Waals surface area (Å²) < 4.78 is 6.30. The number of ether oxygens (including phenoxy) is 1. The fraction of sp³-hybridized carbons (Fsp3) is 0.762. The number of carbonyl (C=O) groups is 2. The normalized spacial score (nSPS) is 34.3. The molecule has 0 radical (unpaired) electrons. The van der Waals surface area contributed by atoms with Gasteiger partial charge in [-0.15, -0.1) is 0 Å². The summed E-state index contributed by atoms with van der Waals surface area (Å²) in [5, 5.41) is 7.37. The largest absolute Gasteiger partial charge is 0.368 e. The van der Waals surface area contributed by atoms with Crippen molar-refractivity contribution in [3.05, 3.63) is 17.5 Å². The van der Waals surface area contributed by atoms with E-state index < -0.39 is 5.60 Å². The summed E-state index contributed by atoms with van der Waals surface area (Å²) in [5.74, 6) is -0.0437. The van der Waals surface area contributed by atoms with Crippen LogP contribution >= 0.6 is 0 Å². The lowest BCUT2D eigenvalue weighted by Gasteiger charge is -2.36. The molecule has 5 heterocycles. The van der Waals surface area contributed by atoms with Gasteiger partial charge in [0.25, 0.3) is 0 Å². The fourth-order valence-electron chi connectivity index (χ4n) is 6.22. The van der Waals surface area contributed by atoms with Crippen LogP contribution in [0, 0.1) is 11.8 Å². The molecular formula is C21H31N5O3. The Hall–Kier alpha value is -1.93. The number of piperidine rings is 1. The molecule has 29 heavy (non-hydrogen) atoms. The number of carbonyl (C=O) groups excluding carboxylic acids is 2. The number of aryl methyl sites for hydroxylation is 1. The number of aromatic amines is 1. The van der Waals surface area contributed by atoms with Crippen LogP contribution in [0.25, 0.3) is 0 Å². The lowest BCUT2D eigenvalue weighted by Crippen LogP contribution is -2.49. The maximum Gasteiger partial charge on any atom is 0.229 e. The molecule has 8 heteroatoms. The molecule has 4 fully saturated rings. The second-order valence-electron chi connectivity index (χ2n) is 9.07. The van der Waals surface area contributed by atoms with Crippen molar-refractivity contribution in [1.82, 2.24) is 20.0 Å². The van der Waals surface area contributed by atoms with Gasteiger partial charge in [-0.25, -0.2) is 0 Å². The second kappa shape index (κ2) is 7.09. The summed E-state index contributed by atoms with van der Waals surface area (Å²) in [4.78, 5) is 30.3. The molecule has 4 aliphatic heterocycles. The molecule has 1 aromatic heterocycles. The fourth-order valence-corrected chi connectivity index (χ4v) is 6.22. The Labute approximate surface area is 171 Å². The third-order valence-electron chi connectivity index (χ3n) is 7.63. The van der Waals surface area contributed by atoms with Crippen LogP contribution in [0.15, 0.2) is 6.20 Å². The monoisotopic (exact) mass is 401 g/mol. The molecule has 3 N–H and O–H groups in total. The number of nitrogens with one attached hydrogen (secondary N) is 1. The highest BCUT2D eigenvalue weighted by molar-refractivity contribution is 5.92. The third-order valence-corrected chi connectivity index (χ3v) is 7.63. The van der Waals surface area contributed by atoms with Crippen molar-refractivity contribution in [2.75, 3.05) is 32.7 Å². The van der Waals surface area contributed by atoms with Gasteiger partial charge in [-0.05, 0) is 37.7 Å². The molecule has 0 unspecified atom stereocenters. The number of hydrogen-bond acceptors (Lipinski definition) is 5. The number of H-pyrrole nitrogens is 1. The first-order valence-electron chi connectivity index (χ1n) is 11.1. The van der Waals surface area contributed by atoms with E-state index in [4.69, 9.17) is 10.5 Å². The molecule has 0 aliphatic carbocycles. The van der Waals surface area contributed by atoms with Crippen molar-refractivity contribution in [3.63, 3.8) is 0 Å². The van der Waals surface area contributed by atoms with E-state index >= 15 is 0 Å². The molecule has 8 nitrogen and oxygen atoms in total. The van der Waals surface area contributed by atoms with Crippen LogP contribution in [0.1, 0.15) is 49.8 Å². The highest BCUT2D eigenvalue weighted by Gasteiger charge is 2.69. The Morgan fingerprint density at radius 1 is 1.38 bits per heavy atom. The van der Waals surface area contributed by atoms with E-state index in [0.717, 1.165) is 45.2 Å². The lowest BCUT2D eigenvalue weighted by atomic mass is 9.72. The zero-order valence-electron chi connectivity index (χ0n) is 17.1. The molecule has 0 aromatic carbocycles. The van der Waals surface area contributed by atoms with Gasteiger partial charge in [-0.2, -0.15) is 5.10 Å². The van der Waals surface area contributed by atoms with Crippen LogP contribution in [0.2, 0.25) is 0 Å². The van der Waals surface area contributed by atoms with Gasteiger partial charge in [-0.1, -0.05) is 6.92 Å². The topological polar surface area (TPSA) is 105 Å². The molecule has 0 saturated carbocycles. The van der Waals surface area contributed by atoms with Gasteiger partial charge in [-0.3, -0.25) is 14.7 Å². The number of likely N-dealkylation sites (tertiary alicyclic amines) is 2. The number of rotatable bonds is 5. The van der Waals surface area contributed by atoms with Crippen LogP contribution in [0.5, 0.6) is 0 Å². The maximum atomic E-state index is 13.5. The molecule has 158 valence electrons. The van der Waals surface area contributed by atoms with Crippen molar-refractivity contribution in [3.8, 4) is 0 Å². The zero-order chi connectivity index (χ0) is 20.2. The summed E-state index contributed by atoms with van der Waals surface area (Å²) in [6, 6.07) is 0. The first-order valence-corrected chi connectivity index (χ1v) is 11.1. The molecule has 5 rings (SSSR count). The Bertz CT molecular complexity index is 802. The van der Waals surface area contributed by atoms with Crippen LogP contribution in [0.4, 0.5) is 0 Å². The minimum atomic E-state index is -0.457. The molecule has 4 aliphatic rings. The van der Waals surface area contributed by atoms with Gasteiger partial charge in [0.2, 0.25) is 11.8 Å². The smallest absolute Gasteiger partial charge is 0.229 e. The van der Waals surface area contributed by atoms with E-state index in [-0.39, 0.29) is 29.8 Å². The number of amides is 2. The Morgan fingerprint density at radius 2 is 2.17 bits per heavy atom. The third kappa shape index (κ3) is 2.83. The lowest BCUT2D eigenvalue weighted by molar-refractivity contribution is -0.145. The summed E-state index contributed by atoms with van der Waals surface area (Å²) >= 11 is 0. The van der Waals surface area contributed by atoms with Gasteiger partial charge in [0.1, 0.15) is 0 Å². The molecule has 4 atom stereocenters. The zero-order valence-corrected chi connectivity index (χ0v) is 17.1. The van der Waals surface area contributed by atoms with Gasteiger partial charge in [0.15, 0.2) is 0 Å². The van der Waals surface area contributed by atoms with Gasteiger partial charge in [0, 0.05) is 37.8 Å². The predicted molar refractivity (Wildman–Crippen MR) is 106 cm³/mol. The average Bonchev–Trinajstić information content (AvgIpc) is 3.49. The van der Waals surface area contributed by atoms with Crippen LogP contribution in [-0.2, 0) is 20.7 Å². The molecule has 1 spiro atoms. The highest BCUT2D eigenvalue weighted by atomic mass is 16.5. The minimum absolute atomic E-state index is 0.0657. The number of nitrogens with zero attached hydrogens (tertiary/aromatic N) is 3. The maximum absolute atomic E-state index is 13.5. The van der Waals surface area contributed by atoms with Gasteiger partial charge < -0.3 is 20.3 Å². The highest BCUT2D eigenvalue weighted by Crippen LogP contribution is 2.55. The average molecular weight is 402 g/mol. The summed E-state index contributed by atoms with van der Waals surface area (Å²) in [5.41, 5.74) is 7.73. The summed E-state index contributed by atoms with van der Waals surface area (Å²) in [6.45, 7) is 5.18. The number of fused-ring (bicyclic) bond motifs is 1. The molecular weight excluding hydrogens is 370 g/mol. The second-order valence-corrected chi connectivity index (χ2v) is 9.07. The van der Waals surface area contributed by atoms with Crippen molar-refractivity contribution in [2.24, 2.45) is 17.6 Å². The Kier molecular flexibility index (Phi) is 4.66. The summed E-state index contributed by atoms with van der Waals surface area (Å²) in [7, 11) is 0. The first-order chi connectivity index (χ1) is 14.1. The molecule has 4 saturated heterocycles. The SMILES string of the molecule is CCc1cn[nH]c1C1CCN(C(=O)[C@H]2[C@H]3C(=O)N(CCN)C[C@]34CC[C@H]2O4)CC1. The van der Waals surface area contributed by atoms with Crippen LogP contribution in [-0.4, -0.2) is 76.2 Å². The van der Waals surface area contributed by atoms with Crippen molar-refractivity contribution >= 4 is 11.8 Å². The van der Waals surface area contributed by atoms with Gasteiger partial charge in [0.05, 0.1) is 36.3 Å². The van der Waals surface area contributed by atoms with Crippen molar-refractivity contribution in [1.29, 1.82) is 0 Å². The van der Waals surface area contributed by atoms with E-state index in [1.165, 1.54) is 11.3 Å². The van der Waals surface area contributed by atoms with E-state index in [1.54, 1.807) is 0 Å². The van der Waals surface area contributed by atoms with E-state index in [9.17, 15) is 9.59 Å². The van der Waals surface area contributed by atoms with Gasteiger partial charge >= 0.3 is 0 Å². The molecule has 2 amide bonds. The Balaban J connectivity index is 1.29. The van der Waals surface area contributed by atoms with Crippen LogP contribution in [0.3, 0.4) is 0 Å². The first kappa shape index (κ1) is 19.1. The number of aromatic nitrogens is 2.